The Morgan fingerprint density at radius 2 is 1.81 bits per heavy atom. The average Bonchev–Trinajstić information content (AvgIpc) is 2.61. The number of aryl methyl sites for hydroxylation is 1. The van der Waals surface area contributed by atoms with E-state index in [0.29, 0.717) is 12.0 Å². The second kappa shape index (κ2) is 7.44. The number of hydrogen-bond donors (Lipinski definition) is 1. The highest BCUT2D eigenvalue weighted by molar-refractivity contribution is 5.94. The first-order valence-corrected chi connectivity index (χ1v) is 9.64. The summed E-state index contributed by atoms with van der Waals surface area (Å²) < 4.78 is 0. The van der Waals surface area contributed by atoms with Crippen molar-refractivity contribution in [1.82, 2.24) is 14.9 Å². The first-order valence-electron chi connectivity index (χ1n) is 9.64. The van der Waals surface area contributed by atoms with E-state index in [1.807, 2.05) is 48.4 Å². The maximum Gasteiger partial charge on any atom is 0.253 e. The Balaban J connectivity index is 1.32. The van der Waals surface area contributed by atoms with Gasteiger partial charge in [0.1, 0.15) is 11.6 Å². The van der Waals surface area contributed by atoms with Crippen LogP contribution in [0.2, 0.25) is 0 Å². The standard InChI is InChI=1S/C21H26N4O/c1-15-5-7-17(8-6-15)21(26)25-13-10-18(11-14-25)23-19-9-12-22-20(24-19)16-3-2-4-16/h5-9,12,16,18H,2-4,10-11,13-14H2,1H3,(H,22,23,24). The molecule has 2 aromatic rings. The molecule has 1 aliphatic heterocycles. The number of rotatable bonds is 4. The van der Waals surface area contributed by atoms with Gasteiger partial charge in [0, 0.05) is 36.8 Å². The van der Waals surface area contributed by atoms with Crippen molar-refractivity contribution in [2.75, 3.05) is 18.4 Å². The van der Waals surface area contributed by atoms with Crippen LogP contribution in [0.5, 0.6) is 0 Å². The number of carbonyl (C=O) groups excluding carboxylic acids is 1. The smallest absolute Gasteiger partial charge is 0.253 e. The van der Waals surface area contributed by atoms with E-state index >= 15 is 0 Å². The van der Waals surface area contributed by atoms with Crippen molar-refractivity contribution < 1.29 is 4.79 Å². The van der Waals surface area contributed by atoms with Crippen molar-refractivity contribution in [2.45, 2.75) is 51.0 Å². The van der Waals surface area contributed by atoms with Crippen LogP contribution in [0.1, 0.15) is 59.8 Å². The molecule has 1 amide bonds. The third-order valence-electron chi connectivity index (χ3n) is 5.58. The molecule has 1 saturated heterocycles. The summed E-state index contributed by atoms with van der Waals surface area (Å²) in [5, 5.41) is 3.54. The van der Waals surface area contributed by atoms with Gasteiger partial charge in [-0.3, -0.25) is 4.79 Å². The Morgan fingerprint density at radius 3 is 2.46 bits per heavy atom. The lowest BCUT2D eigenvalue weighted by molar-refractivity contribution is 0.0718. The minimum Gasteiger partial charge on any atom is -0.367 e. The van der Waals surface area contributed by atoms with Gasteiger partial charge in [0.05, 0.1) is 0 Å². The van der Waals surface area contributed by atoms with Crippen LogP contribution in [0.25, 0.3) is 0 Å². The highest BCUT2D eigenvalue weighted by atomic mass is 16.2. The SMILES string of the molecule is Cc1ccc(C(=O)N2CCC(Nc3ccnc(C4CCC4)n3)CC2)cc1. The Labute approximate surface area is 154 Å². The molecule has 1 aromatic carbocycles. The molecule has 0 atom stereocenters. The number of carbonyl (C=O) groups is 1. The zero-order valence-electron chi connectivity index (χ0n) is 15.3. The number of nitrogens with one attached hydrogen (secondary N) is 1. The lowest BCUT2D eigenvalue weighted by atomic mass is 9.85. The van der Waals surface area contributed by atoms with Gasteiger partial charge in [0.25, 0.3) is 5.91 Å². The molecule has 2 heterocycles. The minimum atomic E-state index is 0.137. The van der Waals surface area contributed by atoms with Crippen LogP contribution in [0.3, 0.4) is 0 Å². The maximum atomic E-state index is 12.6. The lowest BCUT2D eigenvalue weighted by Gasteiger charge is -2.33. The summed E-state index contributed by atoms with van der Waals surface area (Å²) in [7, 11) is 0. The summed E-state index contributed by atoms with van der Waals surface area (Å²) in [6, 6.07) is 10.1. The number of benzene rings is 1. The summed E-state index contributed by atoms with van der Waals surface area (Å²) >= 11 is 0. The van der Waals surface area contributed by atoms with E-state index in [0.717, 1.165) is 43.1 Å². The second-order valence-electron chi connectivity index (χ2n) is 7.50. The molecule has 4 rings (SSSR count). The van der Waals surface area contributed by atoms with Crippen molar-refractivity contribution in [2.24, 2.45) is 0 Å². The normalized spacial score (nSPS) is 18.4. The molecular formula is C21H26N4O. The van der Waals surface area contributed by atoms with Crippen LogP contribution in [-0.4, -0.2) is 39.9 Å². The van der Waals surface area contributed by atoms with Crippen molar-refractivity contribution in [3.8, 4) is 0 Å². The zero-order valence-corrected chi connectivity index (χ0v) is 15.3. The molecule has 1 saturated carbocycles. The molecule has 0 bridgehead atoms. The number of nitrogens with zero attached hydrogens (tertiary/aromatic N) is 3. The molecule has 0 unspecified atom stereocenters. The Morgan fingerprint density at radius 1 is 1.08 bits per heavy atom. The number of amides is 1. The van der Waals surface area contributed by atoms with Crippen molar-refractivity contribution in [3.05, 3.63) is 53.5 Å². The third kappa shape index (κ3) is 3.71. The van der Waals surface area contributed by atoms with Crippen LogP contribution in [0.4, 0.5) is 5.82 Å². The number of anilines is 1. The first-order chi connectivity index (χ1) is 12.7. The van der Waals surface area contributed by atoms with E-state index in [1.165, 1.54) is 24.8 Å². The predicted molar refractivity (Wildman–Crippen MR) is 102 cm³/mol. The van der Waals surface area contributed by atoms with Crippen LogP contribution >= 0.6 is 0 Å². The summed E-state index contributed by atoms with van der Waals surface area (Å²) in [6.45, 7) is 3.60. The van der Waals surface area contributed by atoms with E-state index < -0.39 is 0 Å². The van der Waals surface area contributed by atoms with E-state index in [2.05, 4.69) is 10.3 Å². The number of likely N-dealkylation sites (tertiary alicyclic amines) is 1. The number of piperidine rings is 1. The van der Waals surface area contributed by atoms with Gasteiger partial charge in [-0.25, -0.2) is 9.97 Å². The van der Waals surface area contributed by atoms with Gasteiger partial charge in [-0.15, -0.1) is 0 Å². The fourth-order valence-electron chi connectivity index (χ4n) is 3.63. The summed E-state index contributed by atoms with van der Waals surface area (Å²) in [6.07, 6.45) is 7.46. The molecule has 5 nitrogen and oxygen atoms in total. The minimum absolute atomic E-state index is 0.137. The fraction of sp³-hybridized carbons (Fsp3) is 0.476. The first kappa shape index (κ1) is 17.0. The molecule has 1 N–H and O–H groups in total. The lowest BCUT2D eigenvalue weighted by Crippen LogP contribution is -2.42. The van der Waals surface area contributed by atoms with Gasteiger partial charge in [-0.05, 0) is 50.8 Å². The molecule has 0 spiro atoms. The number of aromatic nitrogens is 2. The summed E-state index contributed by atoms with van der Waals surface area (Å²) in [4.78, 5) is 23.7. The van der Waals surface area contributed by atoms with Crippen LogP contribution in [0.15, 0.2) is 36.5 Å². The zero-order chi connectivity index (χ0) is 17.9. The third-order valence-corrected chi connectivity index (χ3v) is 5.58. The van der Waals surface area contributed by atoms with Gasteiger partial charge in [-0.2, -0.15) is 0 Å². The van der Waals surface area contributed by atoms with Gasteiger partial charge in [-0.1, -0.05) is 24.1 Å². The van der Waals surface area contributed by atoms with Gasteiger partial charge in [0.15, 0.2) is 0 Å². The van der Waals surface area contributed by atoms with Crippen LogP contribution < -0.4 is 5.32 Å². The molecule has 1 aliphatic carbocycles. The predicted octanol–water partition coefficient (Wildman–Crippen LogP) is 3.77. The highest BCUT2D eigenvalue weighted by Gasteiger charge is 2.25. The largest absolute Gasteiger partial charge is 0.367 e. The van der Waals surface area contributed by atoms with Gasteiger partial charge in [0.2, 0.25) is 0 Å². The van der Waals surface area contributed by atoms with E-state index in [-0.39, 0.29) is 5.91 Å². The molecule has 5 heteroatoms. The van der Waals surface area contributed by atoms with Gasteiger partial charge >= 0.3 is 0 Å². The summed E-state index contributed by atoms with van der Waals surface area (Å²) in [5.74, 6) is 2.59. The second-order valence-corrected chi connectivity index (χ2v) is 7.50. The van der Waals surface area contributed by atoms with E-state index in [4.69, 9.17) is 4.98 Å². The Kier molecular flexibility index (Phi) is 4.87. The average molecular weight is 350 g/mol. The van der Waals surface area contributed by atoms with Crippen molar-refractivity contribution in [3.63, 3.8) is 0 Å². The van der Waals surface area contributed by atoms with E-state index in [9.17, 15) is 4.79 Å². The monoisotopic (exact) mass is 350 g/mol. The molecule has 1 aromatic heterocycles. The van der Waals surface area contributed by atoms with Crippen molar-refractivity contribution in [1.29, 1.82) is 0 Å². The number of hydrogen-bond acceptors (Lipinski definition) is 4. The fourth-order valence-corrected chi connectivity index (χ4v) is 3.63. The van der Waals surface area contributed by atoms with E-state index in [1.54, 1.807) is 0 Å². The molecule has 0 radical (unpaired) electrons. The highest BCUT2D eigenvalue weighted by Crippen LogP contribution is 2.34. The summed E-state index contributed by atoms with van der Waals surface area (Å²) in [5.41, 5.74) is 1.96. The van der Waals surface area contributed by atoms with Crippen LogP contribution in [-0.2, 0) is 0 Å². The Bertz CT molecular complexity index is 762. The maximum absolute atomic E-state index is 12.6. The Hall–Kier alpha value is -2.43. The molecular weight excluding hydrogens is 324 g/mol. The molecule has 136 valence electrons. The molecule has 26 heavy (non-hydrogen) atoms. The molecule has 2 fully saturated rings. The quantitative estimate of drug-likeness (QED) is 0.912. The van der Waals surface area contributed by atoms with Crippen LogP contribution in [0, 0.1) is 6.92 Å². The van der Waals surface area contributed by atoms with Gasteiger partial charge < -0.3 is 10.2 Å². The topological polar surface area (TPSA) is 58.1 Å². The van der Waals surface area contributed by atoms with Crippen molar-refractivity contribution >= 4 is 11.7 Å². The molecule has 2 aliphatic rings.